The van der Waals surface area contributed by atoms with Gasteiger partial charge in [-0.1, -0.05) is 38.5 Å². The zero-order valence-electron chi connectivity index (χ0n) is 13.5. The molecule has 0 aromatic heterocycles. The van der Waals surface area contributed by atoms with E-state index in [2.05, 4.69) is 5.32 Å². The van der Waals surface area contributed by atoms with Crippen LogP contribution in [0.25, 0.3) is 0 Å². The van der Waals surface area contributed by atoms with Crippen LogP contribution in [0.4, 0.5) is 0 Å². The molecule has 1 rings (SSSR count). The van der Waals surface area contributed by atoms with Crippen LogP contribution in [-0.4, -0.2) is 23.5 Å². The molecule has 4 heteroatoms. The van der Waals surface area contributed by atoms with Crippen molar-refractivity contribution >= 4 is 11.9 Å². The normalized spacial score (nSPS) is 14.1. The summed E-state index contributed by atoms with van der Waals surface area (Å²) in [6, 6.07) is 8.23. The Kier molecular flexibility index (Phi) is 5.94. The molecular weight excluding hydrogens is 266 g/mol. The first-order chi connectivity index (χ1) is 9.74. The Bertz CT molecular complexity index is 477. The van der Waals surface area contributed by atoms with Crippen LogP contribution in [0.2, 0.25) is 0 Å². The molecule has 1 aromatic carbocycles. The molecule has 0 fully saturated rings. The van der Waals surface area contributed by atoms with Gasteiger partial charge in [0, 0.05) is 5.56 Å². The summed E-state index contributed by atoms with van der Waals surface area (Å²) in [6.45, 7) is 9.36. The molecule has 2 atom stereocenters. The molecule has 0 unspecified atom stereocenters. The van der Waals surface area contributed by atoms with Gasteiger partial charge in [-0.3, -0.25) is 4.79 Å². The molecule has 0 saturated carbocycles. The Morgan fingerprint density at radius 1 is 1.19 bits per heavy atom. The van der Waals surface area contributed by atoms with Gasteiger partial charge in [0.15, 0.2) is 0 Å². The molecule has 116 valence electrons. The summed E-state index contributed by atoms with van der Waals surface area (Å²) >= 11 is 0. The van der Waals surface area contributed by atoms with E-state index in [1.165, 1.54) is 0 Å². The summed E-state index contributed by atoms with van der Waals surface area (Å²) in [7, 11) is 0. The summed E-state index contributed by atoms with van der Waals surface area (Å²) in [5, 5.41) is 2.79. The Hall–Kier alpha value is -1.84. The maximum Gasteiger partial charge on any atom is 0.329 e. The highest BCUT2D eigenvalue weighted by Gasteiger charge is 2.30. The molecule has 0 heterocycles. The average molecular weight is 291 g/mol. The van der Waals surface area contributed by atoms with Crippen molar-refractivity contribution in [2.45, 2.75) is 52.7 Å². The summed E-state index contributed by atoms with van der Waals surface area (Å²) in [4.78, 5) is 24.5. The lowest BCUT2D eigenvalue weighted by Crippen LogP contribution is -2.47. The molecule has 0 radical (unpaired) electrons. The lowest BCUT2D eigenvalue weighted by atomic mass is 9.98. The van der Waals surface area contributed by atoms with Gasteiger partial charge < -0.3 is 10.1 Å². The predicted octanol–water partition coefficient (Wildman–Crippen LogP) is 3.17. The molecule has 4 nitrogen and oxygen atoms in total. The second-order valence-corrected chi connectivity index (χ2v) is 6.24. The van der Waals surface area contributed by atoms with E-state index in [1.54, 1.807) is 24.3 Å². The van der Waals surface area contributed by atoms with Crippen molar-refractivity contribution in [2.24, 2.45) is 5.92 Å². The van der Waals surface area contributed by atoms with Crippen LogP contribution in [0, 0.1) is 5.92 Å². The monoisotopic (exact) mass is 291 g/mol. The summed E-state index contributed by atoms with van der Waals surface area (Å²) < 4.78 is 5.41. The smallest absolute Gasteiger partial charge is 0.329 e. The van der Waals surface area contributed by atoms with Gasteiger partial charge in [0.1, 0.15) is 11.6 Å². The number of rotatable bonds is 5. The molecule has 0 spiro atoms. The van der Waals surface area contributed by atoms with E-state index in [0.29, 0.717) is 5.56 Å². The van der Waals surface area contributed by atoms with Gasteiger partial charge in [-0.15, -0.1) is 0 Å². The second kappa shape index (κ2) is 7.25. The van der Waals surface area contributed by atoms with E-state index in [1.807, 2.05) is 40.7 Å². The fourth-order valence-corrected chi connectivity index (χ4v) is 1.85. The molecule has 0 aliphatic carbocycles. The lowest BCUT2D eigenvalue weighted by Gasteiger charge is -2.27. The van der Waals surface area contributed by atoms with Crippen LogP contribution >= 0.6 is 0 Å². The highest BCUT2D eigenvalue weighted by Crippen LogP contribution is 2.15. The van der Waals surface area contributed by atoms with Crippen molar-refractivity contribution in [3.63, 3.8) is 0 Å². The van der Waals surface area contributed by atoms with Crippen molar-refractivity contribution in [3.05, 3.63) is 35.9 Å². The maximum atomic E-state index is 12.3. The van der Waals surface area contributed by atoms with Crippen LogP contribution in [-0.2, 0) is 9.53 Å². The second-order valence-electron chi connectivity index (χ2n) is 6.24. The van der Waals surface area contributed by atoms with E-state index in [4.69, 9.17) is 4.74 Å². The Balaban J connectivity index is 2.84. The van der Waals surface area contributed by atoms with Crippen LogP contribution in [0.1, 0.15) is 51.4 Å². The molecule has 0 aliphatic heterocycles. The van der Waals surface area contributed by atoms with Crippen LogP contribution in [0.5, 0.6) is 0 Å². The van der Waals surface area contributed by atoms with Gasteiger partial charge in [-0.05, 0) is 38.8 Å². The van der Waals surface area contributed by atoms with Crippen molar-refractivity contribution in [1.29, 1.82) is 0 Å². The molecule has 0 aliphatic rings. The molecule has 1 aromatic rings. The van der Waals surface area contributed by atoms with Gasteiger partial charge in [-0.25, -0.2) is 4.79 Å². The first kappa shape index (κ1) is 17.2. The third-order valence-corrected chi connectivity index (χ3v) is 3.20. The van der Waals surface area contributed by atoms with Crippen LogP contribution < -0.4 is 5.32 Å². The molecule has 21 heavy (non-hydrogen) atoms. The number of amides is 1. The largest absolute Gasteiger partial charge is 0.458 e. The number of hydrogen-bond acceptors (Lipinski definition) is 3. The lowest BCUT2D eigenvalue weighted by molar-refractivity contribution is -0.158. The third kappa shape index (κ3) is 5.58. The van der Waals surface area contributed by atoms with Crippen molar-refractivity contribution in [1.82, 2.24) is 5.32 Å². The van der Waals surface area contributed by atoms with Gasteiger partial charge >= 0.3 is 5.97 Å². The summed E-state index contributed by atoms with van der Waals surface area (Å²) in [5.74, 6) is -0.639. The van der Waals surface area contributed by atoms with Crippen molar-refractivity contribution < 1.29 is 14.3 Å². The van der Waals surface area contributed by atoms with E-state index in [0.717, 1.165) is 6.42 Å². The number of esters is 1. The number of hydrogen-bond donors (Lipinski definition) is 1. The van der Waals surface area contributed by atoms with E-state index < -0.39 is 11.6 Å². The number of benzene rings is 1. The average Bonchev–Trinajstić information content (AvgIpc) is 2.42. The number of carbonyl (C=O) groups is 2. The fourth-order valence-electron chi connectivity index (χ4n) is 1.85. The zero-order chi connectivity index (χ0) is 16.0. The molecule has 1 amide bonds. The first-order valence-corrected chi connectivity index (χ1v) is 7.33. The topological polar surface area (TPSA) is 55.4 Å². The minimum absolute atomic E-state index is 0.00696. The van der Waals surface area contributed by atoms with Gasteiger partial charge in [0.2, 0.25) is 0 Å². The van der Waals surface area contributed by atoms with Crippen LogP contribution in [0.15, 0.2) is 30.3 Å². The van der Waals surface area contributed by atoms with E-state index in [-0.39, 0.29) is 17.8 Å². The van der Waals surface area contributed by atoms with Crippen molar-refractivity contribution in [3.8, 4) is 0 Å². The van der Waals surface area contributed by atoms with Gasteiger partial charge in [-0.2, -0.15) is 0 Å². The molecular formula is C17H25NO3. The minimum Gasteiger partial charge on any atom is -0.458 e. The van der Waals surface area contributed by atoms with Gasteiger partial charge in [0.05, 0.1) is 0 Å². The summed E-state index contributed by atoms with van der Waals surface area (Å²) in [6.07, 6.45) is 0.777. The van der Waals surface area contributed by atoms with E-state index in [9.17, 15) is 9.59 Å². The number of carbonyl (C=O) groups excluding carboxylic acids is 2. The minimum atomic E-state index is -0.637. The van der Waals surface area contributed by atoms with Crippen molar-refractivity contribution in [2.75, 3.05) is 0 Å². The molecule has 1 N–H and O–H groups in total. The highest BCUT2D eigenvalue weighted by atomic mass is 16.6. The standard InChI is InChI=1S/C17H25NO3/c1-6-12(2)14(16(20)21-17(3,4)5)18-15(19)13-10-8-7-9-11-13/h7-12,14H,6H2,1-5H3,(H,18,19)/t12-,14-/m0/s1. The van der Waals surface area contributed by atoms with Crippen LogP contribution in [0.3, 0.4) is 0 Å². The number of nitrogens with one attached hydrogen (secondary N) is 1. The summed E-state index contributed by atoms with van der Waals surface area (Å²) in [5.41, 5.74) is -0.0327. The van der Waals surface area contributed by atoms with E-state index >= 15 is 0 Å². The molecule has 0 saturated heterocycles. The number of ether oxygens (including phenoxy) is 1. The fraction of sp³-hybridized carbons (Fsp3) is 0.529. The Morgan fingerprint density at radius 2 is 1.76 bits per heavy atom. The predicted molar refractivity (Wildman–Crippen MR) is 83.0 cm³/mol. The zero-order valence-corrected chi connectivity index (χ0v) is 13.5. The maximum absolute atomic E-state index is 12.3. The first-order valence-electron chi connectivity index (χ1n) is 7.33. The quantitative estimate of drug-likeness (QED) is 0.848. The Labute approximate surface area is 126 Å². The Morgan fingerprint density at radius 3 is 2.24 bits per heavy atom. The molecule has 0 bridgehead atoms. The SMILES string of the molecule is CC[C@H](C)[C@H](NC(=O)c1ccccc1)C(=O)OC(C)(C)C. The van der Waals surface area contributed by atoms with Gasteiger partial charge in [0.25, 0.3) is 5.91 Å². The third-order valence-electron chi connectivity index (χ3n) is 3.20. The highest BCUT2D eigenvalue weighted by molar-refractivity contribution is 5.96.